The smallest absolute Gasteiger partial charge is 0.147 e. The average Bonchev–Trinajstić information content (AvgIpc) is 2.80. The van der Waals surface area contributed by atoms with Gasteiger partial charge in [0.25, 0.3) is 0 Å². The van der Waals surface area contributed by atoms with Crippen molar-refractivity contribution in [2.75, 3.05) is 23.7 Å². The Hall–Kier alpha value is -1.66. The van der Waals surface area contributed by atoms with Gasteiger partial charge in [0.2, 0.25) is 0 Å². The standard InChI is InChI=1S/C14H18N4OS/c1-9-7-18(8-10(2)19-9)14-12(13(15)17-20-14)11-4-3-5-16-6-11/h3-6,9-10H,7-8H2,1-2H3,(H2,15,17). The lowest BCUT2D eigenvalue weighted by molar-refractivity contribution is -0.00497. The molecular formula is C14H18N4OS. The average molecular weight is 290 g/mol. The molecule has 0 radical (unpaired) electrons. The summed E-state index contributed by atoms with van der Waals surface area (Å²) in [5.41, 5.74) is 8.07. The normalized spacial score (nSPS) is 23.0. The van der Waals surface area contributed by atoms with E-state index in [1.807, 2.05) is 18.3 Å². The van der Waals surface area contributed by atoms with E-state index >= 15 is 0 Å². The summed E-state index contributed by atoms with van der Waals surface area (Å²) in [5, 5.41) is 1.11. The monoisotopic (exact) mass is 290 g/mol. The zero-order valence-corrected chi connectivity index (χ0v) is 12.4. The van der Waals surface area contributed by atoms with Gasteiger partial charge in [-0.2, -0.15) is 4.37 Å². The minimum Gasteiger partial charge on any atom is -0.382 e. The molecule has 3 rings (SSSR count). The zero-order chi connectivity index (χ0) is 14.1. The SMILES string of the molecule is CC1CN(c2snc(N)c2-c2cccnc2)CC(C)O1. The molecule has 1 aliphatic rings. The molecule has 0 aromatic carbocycles. The first-order valence-corrected chi connectivity index (χ1v) is 7.48. The van der Waals surface area contributed by atoms with E-state index in [1.165, 1.54) is 11.5 Å². The van der Waals surface area contributed by atoms with Gasteiger partial charge >= 0.3 is 0 Å². The molecule has 0 spiro atoms. The van der Waals surface area contributed by atoms with Gasteiger partial charge in [-0.25, -0.2) is 0 Å². The summed E-state index contributed by atoms with van der Waals surface area (Å²) in [4.78, 5) is 6.49. The number of aromatic nitrogens is 2. The molecule has 1 saturated heterocycles. The Morgan fingerprint density at radius 2 is 2.10 bits per heavy atom. The van der Waals surface area contributed by atoms with E-state index in [4.69, 9.17) is 10.5 Å². The molecule has 2 unspecified atom stereocenters. The Morgan fingerprint density at radius 1 is 1.35 bits per heavy atom. The number of hydrogen-bond acceptors (Lipinski definition) is 6. The largest absolute Gasteiger partial charge is 0.382 e. The van der Waals surface area contributed by atoms with Crippen LogP contribution in [-0.4, -0.2) is 34.7 Å². The first-order valence-electron chi connectivity index (χ1n) is 6.71. The molecule has 6 heteroatoms. The van der Waals surface area contributed by atoms with E-state index in [-0.39, 0.29) is 12.2 Å². The van der Waals surface area contributed by atoms with Crippen molar-refractivity contribution in [1.82, 2.24) is 9.36 Å². The van der Waals surface area contributed by atoms with Crippen LogP contribution >= 0.6 is 11.5 Å². The van der Waals surface area contributed by atoms with Crippen molar-refractivity contribution in [1.29, 1.82) is 0 Å². The molecule has 1 aliphatic heterocycles. The third-order valence-corrected chi connectivity index (χ3v) is 4.28. The van der Waals surface area contributed by atoms with Crippen molar-refractivity contribution in [3.8, 4) is 11.1 Å². The lowest BCUT2D eigenvalue weighted by atomic mass is 10.1. The number of ether oxygens (including phenoxy) is 1. The highest BCUT2D eigenvalue weighted by Gasteiger charge is 2.27. The van der Waals surface area contributed by atoms with E-state index in [0.29, 0.717) is 5.82 Å². The molecule has 0 amide bonds. The summed E-state index contributed by atoms with van der Waals surface area (Å²) in [6, 6.07) is 3.94. The Labute approximate surface area is 122 Å². The van der Waals surface area contributed by atoms with Gasteiger partial charge in [-0.15, -0.1) is 0 Å². The zero-order valence-electron chi connectivity index (χ0n) is 11.6. The van der Waals surface area contributed by atoms with Crippen LogP contribution in [0, 0.1) is 0 Å². The van der Waals surface area contributed by atoms with E-state index in [1.54, 1.807) is 6.20 Å². The van der Waals surface area contributed by atoms with E-state index < -0.39 is 0 Å². The van der Waals surface area contributed by atoms with Crippen LogP contribution in [0.4, 0.5) is 10.8 Å². The summed E-state index contributed by atoms with van der Waals surface area (Å²) in [6.07, 6.45) is 4.02. The summed E-state index contributed by atoms with van der Waals surface area (Å²) in [6.45, 7) is 5.91. The van der Waals surface area contributed by atoms with Crippen LogP contribution in [0.2, 0.25) is 0 Å². The van der Waals surface area contributed by atoms with Gasteiger partial charge in [0.05, 0.1) is 17.8 Å². The summed E-state index contributed by atoms with van der Waals surface area (Å²) < 4.78 is 10.1. The number of nitrogens with two attached hydrogens (primary N) is 1. The maximum Gasteiger partial charge on any atom is 0.147 e. The number of hydrogen-bond donors (Lipinski definition) is 1. The Kier molecular flexibility index (Phi) is 3.58. The maximum atomic E-state index is 6.06. The minimum absolute atomic E-state index is 0.212. The number of pyridine rings is 1. The molecule has 2 aromatic rings. The van der Waals surface area contributed by atoms with Gasteiger partial charge in [-0.1, -0.05) is 6.07 Å². The van der Waals surface area contributed by atoms with Crippen molar-refractivity contribution in [3.63, 3.8) is 0 Å². The lowest BCUT2D eigenvalue weighted by Gasteiger charge is -2.36. The minimum atomic E-state index is 0.212. The summed E-state index contributed by atoms with van der Waals surface area (Å²) >= 11 is 1.45. The van der Waals surface area contributed by atoms with Crippen molar-refractivity contribution in [3.05, 3.63) is 24.5 Å². The van der Waals surface area contributed by atoms with E-state index in [0.717, 1.165) is 29.2 Å². The predicted octanol–water partition coefficient (Wildman–Crippen LogP) is 2.40. The predicted molar refractivity (Wildman–Crippen MR) is 82.0 cm³/mol. The first-order chi connectivity index (χ1) is 9.65. The summed E-state index contributed by atoms with van der Waals surface area (Å²) in [7, 11) is 0. The lowest BCUT2D eigenvalue weighted by Crippen LogP contribution is -2.45. The van der Waals surface area contributed by atoms with Gasteiger partial charge in [-0.3, -0.25) is 4.98 Å². The highest BCUT2D eigenvalue weighted by molar-refractivity contribution is 7.11. The number of rotatable bonds is 2. The van der Waals surface area contributed by atoms with Crippen molar-refractivity contribution >= 4 is 22.4 Å². The van der Waals surface area contributed by atoms with Crippen LogP contribution in [0.15, 0.2) is 24.5 Å². The molecule has 0 bridgehead atoms. The Bertz CT molecular complexity index is 576. The van der Waals surface area contributed by atoms with Gasteiger partial charge in [-0.05, 0) is 31.4 Å². The molecule has 3 heterocycles. The van der Waals surface area contributed by atoms with Crippen LogP contribution < -0.4 is 10.6 Å². The molecule has 1 fully saturated rings. The fourth-order valence-corrected chi connectivity index (χ4v) is 3.49. The molecule has 2 N–H and O–H groups in total. The molecule has 106 valence electrons. The van der Waals surface area contributed by atoms with Gasteiger partial charge in [0, 0.05) is 31.0 Å². The third kappa shape index (κ3) is 2.48. The van der Waals surface area contributed by atoms with Crippen LogP contribution in [0.3, 0.4) is 0 Å². The van der Waals surface area contributed by atoms with Crippen LogP contribution in [0.5, 0.6) is 0 Å². The quantitative estimate of drug-likeness (QED) is 0.920. The van der Waals surface area contributed by atoms with Crippen LogP contribution in [0.1, 0.15) is 13.8 Å². The molecule has 5 nitrogen and oxygen atoms in total. The molecule has 2 aromatic heterocycles. The van der Waals surface area contributed by atoms with Crippen LogP contribution in [-0.2, 0) is 4.74 Å². The Balaban J connectivity index is 1.99. The molecule has 20 heavy (non-hydrogen) atoms. The van der Waals surface area contributed by atoms with Crippen molar-refractivity contribution in [2.24, 2.45) is 0 Å². The maximum absolute atomic E-state index is 6.06. The molecule has 0 saturated carbocycles. The summed E-state index contributed by atoms with van der Waals surface area (Å²) in [5.74, 6) is 0.574. The second-order valence-electron chi connectivity index (χ2n) is 5.15. The third-order valence-electron chi connectivity index (χ3n) is 3.36. The number of nitrogen functional groups attached to an aromatic ring is 1. The highest BCUT2D eigenvalue weighted by atomic mass is 32.1. The van der Waals surface area contributed by atoms with E-state index in [9.17, 15) is 0 Å². The number of morpholine rings is 1. The van der Waals surface area contributed by atoms with Crippen LogP contribution in [0.25, 0.3) is 11.1 Å². The topological polar surface area (TPSA) is 64.3 Å². The fourth-order valence-electron chi connectivity index (χ4n) is 2.63. The van der Waals surface area contributed by atoms with Crippen molar-refractivity contribution < 1.29 is 4.74 Å². The van der Waals surface area contributed by atoms with Gasteiger partial charge in [0.15, 0.2) is 0 Å². The fraction of sp³-hybridized carbons (Fsp3) is 0.429. The first kappa shape index (κ1) is 13.3. The van der Waals surface area contributed by atoms with Crippen molar-refractivity contribution in [2.45, 2.75) is 26.1 Å². The van der Waals surface area contributed by atoms with Gasteiger partial charge < -0.3 is 15.4 Å². The number of nitrogens with zero attached hydrogens (tertiary/aromatic N) is 3. The molecule has 0 aliphatic carbocycles. The number of anilines is 2. The highest BCUT2D eigenvalue weighted by Crippen LogP contribution is 2.39. The Morgan fingerprint density at radius 3 is 2.75 bits per heavy atom. The molecular weight excluding hydrogens is 272 g/mol. The second-order valence-corrected chi connectivity index (χ2v) is 5.90. The van der Waals surface area contributed by atoms with E-state index in [2.05, 4.69) is 28.1 Å². The molecule has 2 atom stereocenters. The van der Waals surface area contributed by atoms with Gasteiger partial charge in [0.1, 0.15) is 10.8 Å². The second kappa shape index (κ2) is 5.38.